The maximum absolute atomic E-state index is 12.2. The Kier molecular flexibility index (Phi) is 6.21. The molecule has 0 aliphatic rings. The van der Waals surface area contributed by atoms with Gasteiger partial charge < -0.3 is 15.2 Å². The summed E-state index contributed by atoms with van der Waals surface area (Å²) in [6.07, 6.45) is 0.689. The van der Waals surface area contributed by atoms with Crippen LogP contribution in [0, 0.1) is 5.92 Å². The Morgan fingerprint density at radius 2 is 1.81 bits per heavy atom. The average Bonchev–Trinajstić information content (AvgIpc) is 2.50. The monoisotopic (exact) mass is 293 g/mol. The Morgan fingerprint density at radius 3 is 2.24 bits per heavy atom. The second-order valence-electron chi connectivity index (χ2n) is 5.20. The second kappa shape index (κ2) is 7.67. The zero-order valence-corrected chi connectivity index (χ0v) is 12.9. The van der Waals surface area contributed by atoms with Crippen LogP contribution >= 0.6 is 0 Å². The number of carbonyl (C=O) groups is 2. The minimum absolute atomic E-state index is 0.116. The molecule has 21 heavy (non-hydrogen) atoms. The van der Waals surface area contributed by atoms with E-state index in [0.717, 1.165) is 11.3 Å². The van der Waals surface area contributed by atoms with Crippen molar-refractivity contribution in [1.82, 2.24) is 5.32 Å². The second-order valence-corrected chi connectivity index (χ2v) is 5.20. The highest BCUT2D eigenvalue weighted by Gasteiger charge is 2.27. The summed E-state index contributed by atoms with van der Waals surface area (Å²) >= 11 is 0. The summed E-state index contributed by atoms with van der Waals surface area (Å²) in [5.41, 5.74) is 0.821. The molecule has 5 heteroatoms. The number of amides is 1. The number of ether oxygens (including phenoxy) is 1. The fourth-order valence-electron chi connectivity index (χ4n) is 2.01. The van der Waals surface area contributed by atoms with Crippen molar-refractivity contribution in [1.29, 1.82) is 0 Å². The number of carboxylic acids is 1. The van der Waals surface area contributed by atoms with Crippen LogP contribution in [0.4, 0.5) is 0 Å². The lowest BCUT2D eigenvalue weighted by Gasteiger charge is -2.22. The van der Waals surface area contributed by atoms with Crippen LogP contribution in [-0.4, -0.2) is 30.1 Å². The van der Waals surface area contributed by atoms with Gasteiger partial charge in [0.05, 0.1) is 13.0 Å². The van der Waals surface area contributed by atoms with Crippen LogP contribution in [0.5, 0.6) is 5.75 Å². The number of benzene rings is 1. The highest BCUT2D eigenvalue weighted by molar-refractivity contribution is 5.88. The third-order valence-electron chi connectivity index (χ3n) is 3.79. The molecule has 0 spiro atoms. The van der Waals surface area contributed by atoms with Crippen molar-refractivity contribution in [2.45, 2.75) is 39.2 Å². The van der Waals surface area contributed by atoms with E-state index in [1.54, 1.807) is 26.2 Å². The van der Waals surface area contributed by atoms with Crippen molar-refractivity contribution in [3.63, 3.8) is 0 Å². The summed E-state index contributed by atoms with van der Waals surface area (Å²) in [5, 5.41) is 11.8. The van der Waals surface area contributed by atoms with Gasteiger partial charge in [0, 0.05) is 0 Å². The third kappa shape index (κ3) is 4.48. The number of aliphatic carboxylic acids is 1. The molecule has 1 aromatic carbocycles. The SMILES string of the molecule is CCC(C)C(NC(=O)C(C)c1ccc(OC)cc1)C(=O)O. The predicted octanol–water partition coefficient (Wildman–Crippen LogP) is 2.41. The molecule has 1 rings (SSSR count). The summed E-state index contributed by atoms with van der Waals surface area (Å²) in [6, 6.07) is 6.32. The van der Waals surface area contributed by atoms with Crippen molar-refractivity contribution in [2.75, 3.05) is 7.11 Å². The molecule has 116 valence electrons. The van der Waals surface area contributed by atoms with E-state index < -0.39 is 17.9 Å². The first kappa shape index (κ1) is 17.0. The van der Waals surface area contributed by atoms with Crippen molar-refractivity contribution in [3.05, 3.63) is 29.8 Å². The highest BCUT2D eigenvalue weighted by Crippen LogP contribution is 2.20. The lowest BCUT2D eigenvalue weighted by atomic mass is 9.96. The number of carboxylic acid groups (broad SMARTS) is 1. The number of hydrogen-bond acceptors (Lipinski definition) is 3. The van der Waals surface area contributed by atoms with Gasteiger partial charge in [0.25, 0.3) is 0 Å². The van der Waals surface area contributed by atoms with E-state index in [-0.39, 0.29) is 11.8 Å². The van der Waals surface area contributed by atoms with Crippen LogP contribution in [-0.2, 0) is 9.59 Å². The van der Waals surface area contributed by atoms with Gasteiger partial charge in [0.15, 0.2) is 0 Å². The van der Waals surface area contributed by atoms with Gasteiger partial charge in [-0.2, -0.15) is 0 Å². The smallest absolute Gasteiger partial charge is 0.326 e. The van der Waals surface area contributed by atoms with Crippen LogP contribution < -0.4 is 10.1 Å². The quantitative estimate of drug-likeness (QED) is 0.809. The van der Waals surface area contributed by atoms with Crippen LogP contribution in [0.2, 0.25) is 0 Å². The van der Waals surface area contributed by atoms with Gasteiger partial charge >= 0.3 is 5.97 Å². The number of carbonyl (C=O) groups excluding carboxylic acids is 1. The van der Waals surface area contributed by atoms with E-state index in [2.05, 4.69) is 5.32 Å². The Bertz CT molecular complexity index is 484. The summed E-state index contributed by atoms with van der Waals surface area (Å²) < 4.78 is 5.07. The van der Waals surface area contributed by atoms with E-state index in [4.69, 9.17) is 4.74 Å². The molecule has 1 amide bonds. The molecule has 0 saturated heterocycles. The molecule has 3 unspecified atom stereocenters. The van der Waals surface area contributed by atoms with Gasteiger partial charge in [0.1, 0.15) is 11.8 Å². The summed E-state index contributed by atoms with van der Waals surface area (Å²) in [4.78, 5) is 23.5. The lowest BCUT2D eigenvalue weighted by molar-refractivity contribution is -0.143. The molecule has 5 nitrogen and oxygen atoms in total. The first-order valence-corrected chi connectivity index (χ1v) is 7.07. The molecule has 0 radical (unpaired) electrons. The summed E-state index contributed by atoms with van der Waals surface area (Å²) in [7, 11) is 1.58. The van der Waals surface area contributed by atoms with Gasteiger partial charge in [-0.05, 0) is 30.5 Å². The summed E-state index contributed by atoms with van der Waals surface area (Å²) in [6.45, 7) is 5.48. The van der Waals surface area contributed by atoms with E-state index >= 15 is 0 Å². The molecule has 0 bridgehead atoms. The van der Waals surface area contributed by atoms with E-state index in [1.807, 2.05) is 26.0 Å². The zero-order chi connectivity index (χ0) is 16.0. The first-order chi connectivity index (χ1) is 9.90. The molecule has 0 fully saturated rings. The summed E-state index contributed by atoms with van der Waals surface area (Å²) in [5.74, 6) is -1.10. The van der Waals surface area contributed by atoms with Gasteiger partial charge in [-0.1, -0.05) is 32.4 Å². The van der Waals surface area contributed by atoms with Crippen molar-refractivity contribution in [3.8, 4) is 5.75 Å². The molecule has 0 heterocycles. The third-order valence-corrected chi connectivity index (χ3v) is 3.79. The molecular weight excluding hydrogens is 270 g/mol. The molecule has 2 N–H and O–H groups in total. The first-order valence-electron chi connectivity index (χ1n) is 7.07. The standard InChI is InChI=1S/C16H23NO4/c1-5-10(2)14(16(19)20)17-15(18)11(3)12-6-8-13(21-4)9-7-12/h6-11,14H,5H2,1-4H3,(H,17,18)(H,19,20). The lowest BCUT2D eigenvalue weighted by Crippen LogP contribution is -2.46. The molecule has 0 aromatic heterocycles. The van der Waals surface area contributed by atoms with Gasteiger partial charge in [0.2, 0.25) is 5.91 Å². The Morgan fingerprint density at radius 1 is 1.24 bits per heavy atom. The Balaban J connectivity index is 2.78. The molecule has 3 atom stereocenters. The van der Waals surface area contributed by atoms with Crippen molar-refractivity contribution < 1.29 is 19.4 Å². The topological polar surface area (TPSA) is 75.6 Å². The number of nitrogens with one attached hydrogen (secondary N) is 1. The number of methoxy groups -OCH3 is 1. The van der Waals surface area contributed by atoms with E-state index in [0.29, 0.717) is 6.42 Å². The molecular formula is C16H23NO4. The van der Waals surface area contributed by atoms with Gasteiger partial charge in [-0.25, -0.2) is 4.79 Å². The largest absolute Gasteiger partial charge is 0.497 e. The van der Waals surface area contributed by atoms with Crippen LogP contribution in [0.1, 0.15) is 38.7 Å². The Labute approximate surface area is 125 Å². The average molecular weight is 293 g/mol. The molecule has 0 aliphatic carbocycles. The maximum Gasteiger partial charge on any atom is 0.326 e. The minimum atomic E-state index is -1.00. The van der Waals surface area contributed by atoms with Crippen LogP contribution in [0.3, 0.4) is 0 Å². The van der Waals surface area contributed by atoms with Crippen LogP contribution in [0.25, 0.3) is 0 Å². The van der Waals surface area contributed by atoms with E-state index in [9.17, 15) is 14.7 Å². The fourth-order valence-corrected chi connectivity index (χ4v) is 2.01. The fraction of sp³-hybridized carbons (Fsp3) is 0.500. The zero-order valence-electron chi connectivity index (χ0n) is 12.9. The number of rotatable bonds is 7. The normalized spacial score (nSPS) is 14.9. The van der Waals surface area contributed by atoms with Gasteiger partial charge in [-0.15, -0.1) is 0 Å². The van der Waals surface area contributed by atoms with Crippen molar-refractivity contribution >= 4 is 11.9 Å². The molecule has 0 saturated carbocycles. The predicted molar refractivity (Wildman–Crippen MR) is 80.4 cm³/mol. The van der Waals surface area contributed by atoms with Crippen molar-refractivity contribution in [2.24, 2.45) is 5.92 Å². The van der Waals surface area contributed by atoms with E-state index in [1.165, 1.54) is 0 Å². The Hall–Kier alpha value is -2.04. The highest BCUT2D eigenvalue weighted by atomic mass is 16.5. The van der Waals surface area contributed by atoms with Crippen LogP contribution in [0.15, 0.2) is 24.3 Å². The van der Waals surface area contributed by atoms with Gasteiger partial charge in [-0.3, -0.25) is 4.79 Å². The molecule has 1 aromatic rings. The minimum Gasteiger partial charge on any atom is -0.497 e. The maximum atomic E-state index is 12.2. The molecule has 0 aliphatic heterocycles. The number of hydrogen-bond donors (Lipinski definition) is 2.